The molecule has 0 unspecified atom stereocenters. The molecule has 0 saturated carbocycles. The topological polar surface area (TPSA) is 44.8 Å². The SMILES string of the molecule is CCCN(C)C(=O)Nc1ccccc1CN1CCOCC1. The van der Waals surface area contributed by atoms with Crippen molar-refractivity contribution in [2.75, 3.05) is 45.2 Å². The van der Waals surface area contributed by atoms with E-state index in [0.717, 1.165) is 57.1 Å². The average molecular weight is 291 g/mol. The Labute approximate surface area is 126 Å². The van der Waals surface area contributed by atoms with Crippen LogP contribution in [0, 0.1) is 0 Å². The summed E-state index contributed by atoms with van der Waals surface area (Å²) >= 11 is 0. The van der Waals surface area contributed by atoms with Crippen LogP contribution in [0.25, 0.3) is 0 Å². The normalized spacial score (nSPS) is 15.7. The van der Waals surface area contributed by atoms with Gasteiger partial charge in [0.05, 0.1) is 13.2 Å². The first-order valence-corrected chi connectivity index (χ1v) is 7.61. The van der Waals surface area contributed by atoms with E-state index in [2.05, 4.69) is 23.2 Å². The van der Waals surface area contributed by atoms with E-state index in [0.29, 0.717) is 0 Å². The number of nitrogens with zero attached hydrogens (tertiary/aromatic N) is 2. The Morgan fingerprint density at radius 1 is 1.33 bits per heavy atom. The molecule has 0 radical (unpaired) electrons. The highest BCUT2D eigenvalue weighted by Gasteiger charge is 2.14. The number of amides is 2. The summed E-state index contributed by atoms with van der Waals surface area (Å²) in [6.45, 7) is 7.13. The van der Waals surface area contributed by atoms with Crippen LogP contribution in [0.5, 0.6) is 0 Å². The Morgan fingerprint density at radius 3 is 2.76 bits per heavy atom. The quantitative estimate of drug-likeness (QED) is 0.906. The van der Waals surface area contributed by atoms with Crippen LogP contribution in [0.4, 0.5) is 10.5 Å². The van der Waals surface area contributed by atoms with Crippen LogP contribution < -0.4 is 5.32 Å². The van der Waals surface area contributed by atoms with E-state index in [1.54, 1.807) is 4.90 Å². The van der Waals surface area contributed by atoms with Crippen molar-refractivity contribution < 1.29 is 9.53 Å². The van der Waals surface area contributed by atoms with Crippen molar-refractivity contribution in [2.24, 2.45) is 0 Å². The first-order chi connectivity index (χ1) is 10.2. The molecule has 0 atom stereocenters. The van der Waals surface area contributed by atoms with Crippen molar-refractivity contribution >= 4 is 11.7 Å². The highest BCUT2D eigenvalue weighted by molar-refractivity contribution is 5.89. The Kier molecular flexibility index (Phi) is 6.02. The van der Waals surface area contributed by atoms with Gasteiger partial charge in [-0.15, -0.1) is 0 Å². The zero-order chi connectivity index (χ0) is 15.1. The van der Waals surface area contributed by atoms with Gasteiger partial charge in [0.25, 0.3) is 0 Å². The summed E-state index contributed by atoms with van der Waals surface area (Å²) in [6, 6.07) is 7.96. The Balaban J connectivity index is 2.00. The first kappa shape index (κ1) is 15.8. The second-order valence-corrected chi connectivity index (χ2v) is 5.40. The van der Waals surface area contributed by atoms with Gasteiger partial charge in [-0.25, -0.2) is 4.79 Å². The van der Waals surface area contributed by atoms with Crippen molar-refractivity contribution in [3.05, 3.63) is 29.8 Å². The third-order valence-electron chi connectivity index (χ3n) is 3.66. The lowest BCUT2D eigenvalue weighted by molar-refractivity contribution is 0.0342. The predicted molar refractivity (Wildman–Crippen MR) is 84.5 cm³/mol. The molecule has 0 aromatic heterocycles. The number of ether oxygens (including phenoxy) is 1. The monoisotopic (exact) mass is 291 g/mol. The van der Waals surface area contributed by atoms with E-state index in [4.69, 9.17) is 4.74 Å². The summed E-state index contributed by atoms with van der Waals surface area (Å²) in [4.78, 5) is 16.2. The molecule has 5 heteroatoms. The van der Waals surface area contributed by atoms with E-state index >= 15 is 0 Å². The first-order valence-electron chi connectivity index (χ1n) is 7.61. The molecule has 0 bridgehead atoms. The van der Waals surface area contributed by atoms with E-state index in [1.165, 1.54) is 0 Å². The van der Waals surface area contributed by atoms with Crippen molar-refractivity contribution in [1.82, 2.24) is 9.80 Å². The number of morpholine rings is 1. The minimum Gasteiger partial charge on any atom is -0.379 e. The highest BCUT2D eigenvalue weighted by Crippen LogP contribution is 2.18. The molecule has 1 saturated heterocycles. The van der Waals surface area contributed by atoms with Crippen LogP contribution in [0.3, 0.4) is 0 Å². The van der Waals surface area contributed by atoms with Crippen molar-refractivity contribution in [3.63, 3.8) is 0 Å². The third kappa shape index (κ3) is 4.72. The van der Waals surface area contributed by atoms with Gasteiger partial charge in [-0.05, 0) is 18.1 Å². The molecular weight excluding hydrogens is 266 g/mol. The standard InChI is InChI=1S/C16H25N3O2/c1-3-8-18(2)16(20)17-15-7-5-4-6-14(15)13-19-9-11-21-12-10-19/h4-7H,3,8-13H2,1-2H3,(H,17,20). The third-order valence-corrected chi connectivity index (χ3v) is 3.66. The van der Waals surface area contributed by atoms with E-state index < -0.39 is 0 Å². The molecule has 1 aromatic carbocycles. The van der Waals surface area contributed by atoms with Crippen molar-refractivity contribution in [3.8, 4) is 0 Å². The van der Waals surface area contributed by atoms with E-state index in [9.17, 15) is 4.79 Å². The van der Waals surface area contributed by atoms with Gasteiger partial charge in [-0.1, -0.05) is 25.1 Å². The lowest BCUT2D eigenvalue weighted by atomic mass is 10.1. The fourth-order valence-electron chi connectivity index (χ4n) is 2.43. The number of rotatable bonds is 5. The predicted octanol–water partition coefficient (Wildman–Crippen LogP) is 2.39. The van der Waals surface area contributed by atoms with Crippen LogP contribution in [-0.4, -0.2) is 55.7 Å². The molecule has 1 aliphatic heterocycles. The minimum atomic E-state index is -0.0497. The number of urea groups is 1. The van der Waals surface area contributed by atoms with Gasteiger partial charge in [0, 0.05) is 38.9 Å². The number of anilines is 1. The van der Waals surface area contributed by atoms with Gasteiger partial charge in [-0.2, -0.15) is 0 Å². The number of carbonyl (C=O) groups is 1. The molecule has 2 rings (SSSR count). The molecule has 5 nitrogen and oxygen atoms in total. The summed E-state index contributed by atoms with van der Waals surface area (Å²) in [5.41, 5.74) is 2.05. The Bertz CT molecular complexity index is 459. The largest absolute Gasteiger partial charge is 0.379 e. The molecule has 1 aliphatic rings. The van der Waals surface area contributed by atoms with Crippen LogP contribution in [0.2, 0.25) is 0 Å². The lowest BCUT2D eigenvalue weighted by Crippen LogP contribution is -2.36. The number of nitrogens with one attached hydrogen (secondary N) is 1. The summed E-state index contributed by atoms with van der Waals surface area (Å²) < 4.78 is 5.37. The number of para-hydroxylation sites is 1. The smallest absolute Gasteiger partial charge is 0.321 e. The van der Waals surface area contributed by atoms with Gasteiger partial charge >= 0.3 is 6.03 Å². The zero-order valence-corrected chi connectivity index (χ0v) is 13.0. The molecule has 116 valence electrons. The van der Waals surface area contributed by atoms with Gasteiger partial charge in [-0.3, -0.25) is 4.90 Å². The number of hydrogen-bond donors (Lipinski definition) is 1. The molecular formula is C16H25N3O2. The number of hydrogen-bond acceptors (Lipinski definition) is 3. The van der Waals surface area contributed by atoms with Gasteiger partial charge < -0.3 is 15.0 Å². The molecule has 1 fully saturated rings. The second-order valence-electron chi connectivity index (χ2n) is 5.40. The van der Waals surface area contributed by atoms with Gasteiger partial charge in [0.1, 0.15) is 0 Å². The lowest BCUT2D eigenvalue weighted by Gasteiger charge is -2.27. The van der Waals surface area contributed by atoms with Crippen LogP contribution in [0.1, 0.15) is 18.9 Å². The maximum atomic E-state index is 12.1. The summed E-state index contributed by atoms with van der Waals surface area (Å²) in [6.07, 6.45) is 0.958. The molecule has 1 N–H and O–H groups in total. The maximum absolute atomic E-state index is 12.1. The Morgan fingerprint density at radius 2 is 2.05 bits per heavy atom. The summed E-state index contributed by atoms with van der Waals surface area (Å²) in [5, 5.41) is 3.01. The molecule has 21 heavy (non-hydrogen) atoms. The molecule has 0 spiro atoms. The summed E-state index contributed by atoms with van der Waals surface area (Å²) in [7, 11) is 1.82. The van der Waals surface area contributed by atoms with Crippen LogP contribution >= 0.6 is 0 Å². The Hall–Kier alpha value is -1.59. The summed E-state index contributed by atoms with van der Waals surface area (Å²) in [5.74, 6) is 0. The van der Waals surface area contributed by atoms with Crippen molar-refractivity contribution in [2.45, 2.75) is 19.9 Å². The van der Waals surface area contributed by atoms with Crippen molar-refractivity contribution in [1.29, 1.82) is 0 Å². The number of benzene rings is 1. The molecule has 2 amide bonds. The fourth-order valence-corrected chi connectivity index (χ4v) is 2.43. The molecule has 1 aromatic rings. The molecule has 1 heterocycles. The van der Waals surface area contributed by atoms with Gasteiger partial charge in [0.2, 0.25) is 0 Å². The molecule has 0 aliphatic carbocycles. The van der Waals surface area contributed by atoms with Crippen LogP contribution in [-0.2, 0) is 11.3 Å². The maximum Gasteiger partial charge on any atom is 0.321 e. The zero-order valence-electron chi connectivity index (χ0n) is 13.0. The minimum absolute atomic E-state index is 0.0497. The fraction of sp³-hybridized carbons (Fsp3) is 0.562. The average Bonchev–Trinajstić information content (AvgIpc) is 2.50. The van der Waals surface area contributed by atoms with E-state index in [1.807, 2.05) is 25.2 Å². The van der Waals surface area contributed by atoms with Crippen LogP contribution in [0.15, 0.2) is 24.3 Å². The number of carbonyl (C=O) groups excluding carboxylic acids is 1. The van der Waals surface area contributed by atoms with E-state index in [-0.39, 0.29) is 6.03 Å². The van der Waals surface area contributed by atoms with Gasteiger partial charge in [0.15, 0.2) is 0 Å². The highest BCUT2D eigenvalue weighted by atomic mass is 16.5. The second kappa shape index (κ2) is 8.00.